The number of nitrogens with two attached hydrogens (primary N) is 1. The van der Waals surface area contributed by atoms with Gasteiger partial charge in [-0.3, -0.25) is 0 Å². The fourth-order valence-corrected chi connectivity index (χ4v) is 2.28. The summed E-state index contributed by atoms with van der Waals surface area (Å²) in [5, 5.41) is 3.17. The molecule has 1 aromatic heterocycles. The molecular formula is C10H16N2OS. The van der Waals surface area contributed by atoms with Crippen LogP contribution < -0.4 is 5.73 Å². The summed E-state index contributed by atoms with van der Waals surface area (Å²) < 4.78 is 5.70. The summed E-state index contributed by atoms with van der Waals surface area (Å²) in [6.45, 7) is 3.48. The van der Waals surface area contributed by atoms with Gasteiger partial charge in [0.05, 0.1) is 23.4 Å². The molecule has 1 heterocycles. The zero-order valence-corrected chi connectivity index (χ0v) is 9.22. The number of aromatic nitrogens is 1. The van der Waals surface area contributed by atoms with Gasteiger partial charge >= 0.3 is 0 Å². The lowest BCUT2D eigenvalue weighted by atomic mass is 9.82. The predicted octanol–water partition coefficient (Wildman–Crippen LogP) is 1.71. The monoisotopic (exact) mass is 212 g/mol. The second kappa shape index (κ2) is 4.38. The second-order valence-corrected chi connectivity index (χ2v) is 4.93. The van der Waals surface area contributed by atoms with Crippen LogP contribution in [0.3, 0.4) is 0 Å². The van der Waals surface area contributed by atoms with Crippen LogP contribution in [-0.2, 0) is 11.3 Å². The van der Waals surface area contributed by atoms with E-state index in [0.717, 1.165) is 30.1 Å². The Morgan fingerprint density at radius 1 is 1.64 bits per heavy atom. The summed E-state index contributed by atoms with van der Waals surface area (Å²) in [7, 11) is 0. The van der Waals surface area contributed by atoms with Crippen LogP contribution >= 0.6 is 11.3 Å². The Labute approximate surface area is 88.3 Å². The third-order valence-corrected chi connectivity index (χ3v) is 3.48. The highest BCUT2D eigenvalue weighted by Crippen LogP contribution is 2.29. The van der Waals surface area contributed by atoms with Gasteiger partial charge in [0.2, 0.25) is 0 Å². The molecule has 2 N–H and O–H groups in total. The fraction of sp³-hybridized carbons (Fsp3) is 0.700. The summed E-state index contributed by atoms with van der Waals surface area (Å²) in [5.74, 6) is 0.692. The molecule has 0 aromatic carbocycles. The van der Waals surface area contributed by atoms with Gasteiger partial charge in [0, 0.05) is 5.38 Å². The highest BCUT2D eigenvalue weighted by atomic mass is 32.1. The van der Waals surface area contributed by atoms with E-state index in [1.54, 1.807) is 11.3 Å². The SMILES string of the molecule is Cc1nc(COC2CC(CN)C2)cs1. The normalized spacial score (nSPS) is 26.1. The average molecular weight is 212 g/mol. The van der Waals surface area contributed by atoms with Gasteiger partial charge in [0.25, 0.3) is 0 Å². The summed E-state index contributed by atoms with van der Waals surface area (Å²) in [6.07, 6.45) is 2.67. The Bertz CT molecular complexity index is 294. The first kappa shape index (κ1) is 10.1. The Hall–Kier alpha value is -0.450. The van der Waals surface area contributed by atoms with Crippen molar-refractivity contribution in [3.05, 3.63) is 16.1 Å². The highest BCUT2D eigenvalue weighted by molar-refractivity contribution is 7.09. The quantitative estimate of drug-likeness (QED) is 0.826. The molecule has 1 aromatic rings. The van der Waals surface area contributed by atoms with Crippen molar-refractivity contribution in [3.8, 4) is 0 Å². The van der Waals surface area contributed by atoms with E-state index in [9.17, 15) is 0 Å². The summed E-state index contributed by atoms with van der Waals surface area (Å²) in [6, 6.07) is 0. The first-order valence-corrected chi connectivity index (χ1v) is 5.88. The number of hydrogen-bond acceptors (Lipinski definition) is 4. The van der Waals surface area contributed by atoms with Crippen LogP contribution in [0.25, 0.3) is 0 Å². The van der Waals surface area contributed by atoms with Crippen LogP contribution in [0.4, 0.5) is 0 Å². The van der Waals surface area contributed by atoms with Crippen LogP contribution in [0.5, 0.6) is 0 Å². The summed E-state index contributed by atoms with van der Waals surface area (Å²) >= 11 is 1.68. The zero-order valence-electron chi connectivity index (χ0n) is 8.40. The Morgan fingerprint density at radius 2 is 2.43 bits per heavy atom. The van der Waals surface area contributed by atoms with Gasteiger partial charge in [-0.05, 0) is 32.2 Å². The van der Waals surface area contributed by atoms with Gasteiger partial charge in [-0.2, -0.15) is 0 Å². The molecule has 78 valence electrons. The number of ether oxygens (including phenoxy) is 1. The van der Waals surface area contributed by atoms with E-state index < -0.39 is 0 Å². The summed E-state index contributed by atoms with van der Waals surface area (Å²) in [5.41, 5.74) is 6.60. The van der Waals surface area contributed by atoms with Crippen molar-refractivity contribution < 1.29 is 4.74 Å². The molecule has 14 heavy (non-hydrogen) atoms. The molecule has 0 bridgehead atoms. The van der Waals surface area contributed by atoms with E-state index in [4.69, 9.17) is 10.5 Å². The van der Waals surface area contributed by atoms with E-state index >= 15 is 0 Å². The van der Waals surface area contributed by atoms with Crippen LogP contribution in [0.1, 0.15) is 23.5 Å². The minimum Gasteiger partial charge on any atom is -0.372 e. The van der Waals surface area contributed by atoms with Gasteiger partial charge in [-0.15, -0.1) is 11.3 Å². The molecule has 0 radical (unpaired) electrons. The van der Waals surface area contributed by atoms with Crippen molar-refractivity contribution in [1.82, 2.24) is 4.98 Å². The third-order valence-electron chi connectivity index (χ3n) is 2.66. The maximum atomic E-state index is 5.70. The molecule has 0 amide bonds. The average Bonchev–Trinajstić information content (AvgIpc) is 2.49. The number of rotatable bonds is 4. The van der Waals surface area contributed by atoms with E-state index in [1.807, 2.05) is 6.92 Å². The van der Waals surface area contributed by atoms with Crippen LogP contribution in [-0.4, -0.2) is 17.6 Å². The van der Waals surface area contributed by atoms with E-state index in [1.165, 1.54) is 0 Å². The first-order chi connectivity index (χ1) is 6.78. The van der Waals surface area contributed by atoms with Crippen molar-refractivity contribution in [1.29, 1.82) is 0 Å². The molecule has 1 saturated carbocycles. The van der Waals surface area contributed by atoms with Crippen molar-refractivity contribution in [2.75, 3.05) is 6.54 Å². The molecule has 1 fully saturated rings. The molecule has 2 rings (SSSR count). The maximum Gasteiger partial charge on any atom is 0.0900 e. The van der Waals surface area contributed by atoms with Crippen molar-refractivity contribution in [2.24, 2.45) is 11.7 Å². The highest BCUT2D eigenvalue weighted by Gasteiger charge is 2.28. The van der Waals surface area contributed by atoms with Crippen molar-refractivity contribution in [2.45, 2.75) is 32.5 Å². The molecule has 1 aliphatic carbocycles. The first-order valence-electron chi connectivity index (χ1n) is 5.00. The third kappa shape index (κ3) is 2.32. The molecule has 1 aliphatic rings. The zero-order chi connectivity index (χ0) is 9.97. The Kier molecular flexibility index (Phi) is 3.15. The van der Waals surface area contributed by atoms with Crippen molar-refractivity contribution >= 4 is 11.3 Å². The van der Waals surface area contributed by atoms with Gasteiger partial charge < -0.3 is 10.5 Å². The maximum absolute atomic E-state index is 5.70. The Balaban J connectivity index is 1.69. The lowest BCUT2D eigenvalue weighted by Crippen LogP contribution is -2.35. The minimum absolute atomic E-state index is 0.422. The summed E-state index contributed by atoms with van der Waals surface area (Å²) in [4.78, 5) is 4.35. The molecule has 0 saturated heterocycles. The lowest BCUT2D eigenvalue weighted by molar-refractivity contribution is -0.0386. The molecular weight excluding hydrogens is 196 g/mol. The largest absolute Gasteiger partial charge is 0.372 e. The number of nitrogens with zero attached hydrogens (tertiary/aromatic N) is 1. The van der Waals surface area contributed by atoms with E-state index in [-0.39, 0.29) is 0 Å². The van der Waals surface area contributed by atoms with Gasteiger partial charge in [0.15, 0.2) is 0 Å². The van der Waals surface area contributed by atoms with E-state index in [2.05, 4.69) is 10.4 Å². The van der Waals surface area contributed by atoms with Gasteiger partial charge in [-0.1, -0.05) is 0 Å². The molecule has 0 spiro atoms. The fourth-order valence-electron chi connectivity index (χ4n) is 1.68. The lowest BCUT2D eigenvalue weighted by Gasteiger charge is -2.33. The predicted molar refractivity (Wildman–Crippen MR) is 57.2 cm³/mol. The van der Waals surface area contributed by atoms with Gasteiger partial charge in [0.1, 0.15) is 0 Å². The molecule has 0 unspecified atom stereocenters. The molecule has 3 nitrogen and oxygen atoms in total. The van der Waals surface area contributed by atoms with Crippen LogP contribution in [0, 0.1) is 12.8 Å². The number of thiazole rings is 1. The Morgan fingerprint density at radius 3 is 3.00 bits per heavy atom. The van der Waals surface area contributed by atoms with E-state index in [0.29, 0.717) is 18.6 Å². The standard InChI is InChI=1S/C10H16N2OS/c1-7-12-9(6-14-7)5-13-10-2-8(3-10)4-11/h6,8,10H,2-5,11H2,1H3. The minimum atomic E-state index is 0.422. The number of aryl methyl sites for hydroxylation is 1. The smallest absolute Gasteiger partial charge is 0.0900 e. The number of hydrogen-bond donors (Lipinski definition) is 1. The molecule has 0 atom stereocenters. The van der Waals surface area contributed by atoms with Gasteiger partial charge in [-0.25, -0.2) is 4.98 Å². The van der Waals surface area contributed by atoms with Crippen LogP contribution in [0.15, 0.2) is 5.38 Å². The molecule has 0 aliphatic heterocycles. The van der Waals surface area contributed by atoms with Crippen LogP contribution in [0.2, 0.25) is 0 Å². The molecule has 4 heteroatoms. The van der Waals surface area contributed by atoms with Crippen molar-refractivity contribution in [3.63, 3.8) is 0 Å². The second-order valence-electron chi connectivity index (χ2n) is 3.86. The topological polar surface area (TPSA) is 48.1 Å².